The van der Waals surface area contributed by atoms with Crippen molar-refractivity contribution in [2.75, 3.05) is 0 Å². The Kier molecular flexibility index (Phi) is 4.76. The topological polar surface area (TPSA) is 27.1 Å². The molecule has 1 aromatic carbocycles. The molecule has 0 amide bonds. The van der Waals surface area contributed by atoms with Crippen LogP contribution in [0.2, 0.25) is 5.15 Å². The Labute approximate surface area is 133 Å². The molecule has 1 heterocycles. The maximum atomic E-state index is 6.22. The molecule has 0 atom stereocenters. The van der Waals surface area contributed by atoms with E-state index in [-0.39, 0.29) is 0 Å². The van der Waals surface area contributed by atoms with Crippen molar-refractivity contribution in [1.82, 2.24) is 9.78 Å². The van der Waals surface area contributed by atoms with E-state index in [1.54, 1.807) is 4.68 Å². The zero-order valence-electron chi connectivity index (χ0n) is 12.1. The van der Waals surface area contributed by atoms with Gasteiger partial charge >= 0.3 is 0 Å². The fraction of sp³-hybridized carbons (Fsp3) is 0.400. The van der Waals surface area contributed by atoms with Crippen molar-refractivity contribution in [1.29, 1.82) is 0 Å². The van der Waals surface area contributed by atoms with E-state index in [4.69, 9.17) is 16.3 Å². The van der Waals surface area contributed by atoms with Crippen molar-refractivity contribution >= 4 is 27.5 Å². The molecule has 20 heavy (non-hydrogen) atoms. The van der Waals surface area contributed by atoms with E-state index >= 15 is 0 Å². The number of aryl methyl sites for hydroxylation is 4. The van der Waals surface area contributed by atoms with Gasteiger partial charge in [0.15, 0.2) is 0 Å². The summed E-state index contributed by atoms with van der Waals surface area (Å²) in [5.41, 5.74) is 5.37. The molecule has 1 aromatic heterocycles. The molecule has 5 heteroatoms. The highest BCUT2D eigenvalue weighted by Gasteiger charge is 2.13. The number of benzene rings is 1. The summed E-state index contributed by atoms with van der Waals surface area (Å²) in [5.74, 6) is 0.925. The summed E-state index contributed by atoms with van der Waals surface area (Å²) in [6.07, 6.45) is 0. The maximum absolute atomic E-state index is 6.22. The zero-order valence-corrected chi connectivity index (χ0v) is 14.5. The molecule has 3 nitrogen and oxygen atoms in total. The van der Waals surface area contributed by atoms with Crippen LogP contribution in [-0.4, -0.2) is 9.78 Å². The lowest BCUT2D eigenvalue weighted by Crippen LogP contribution is -2.01. The van der Waals surface area contributed by atoms with Gasteiger partial charge in [-0.05, 0) is 37.5 Å². The van der Waals surface area contributed by atoms with E-state index in [1.807, 2.05) is 14.0 Å². The Bertz CT molecular complexity index is 614. The van der Waals surface area contributed by atoms with Gasteiger partial charge in [0.2, 0.25) is 0 Å². The standard InChI is InChI=1S/C15H18BrClN2O/c1-9-5-12(7-16)6-10(2)14(9)20-8-13-11(3)18-19(4)15(13)17/h5-6H,7-8H2,1-4H3. The van der Waals surface area contributed by atoms with Gasteiger partial charge in [-0.2, -0.15) is 5.10 Å². The molecule has 0 aliphatic heterocycles. The first-order chi connectivity index (χ1) is 9.43. The minimum atomic E-state index is 0.438. The summed E-state index contributed by atoms with van der Waals surface area (Å²) < 4.78 is 7.64. The molecular weight excluding hydrogens is 340 g/mol. The SMILES string of the molecule is Cc1cc(CBr)cc(C)c1OCc1c(C)nn(C)c1Cl. The van der Waals surface area contributed by atoms with E-state index in [0.29, 0.717) is 11.8 Å². The Morgan fingerprint density at radius 3 is 2.30 bits per heavy atom. The highest BCUT2D eigenvalue weighted by Crippen LogP contribution is 2.28. The quantitative estimate of drug-likeness (QED) is 0.755. The minimum Gasteiger partial charge on any atom is -0.488 e. The molecule has 0 saturated carbocycles. The lowest BCUT2D eigenvalue weighted by Gasteiger charge is -2.13. The van der Waals surface area contributed by atoms with Gasteiger partial charge in [-0.25, -0.2) is 0 Å². The van der Waals surface area contributed by atoms with E-state index in [9.17, 15) is 0 Å². The number of aromatic nitrogens is 2. The molecular formula is C15H18BrClN2O. The summed E-state index contributed by atoms with van der Waals surface area (Å²) in [6, 6.07) is 4.27. The van der Waals surface area contributed by atoms with Gasteiger partial charge in [0.1, 0.15) is 17.5 Å². The summed E-state index contributed by atoms with van der Waals surface area (Å²) >= 11 is 9.70. The van der Waals surface area contributed by atoms with E-state index in [0.717, 1.165) is 33.5 Å². The Balaban J connectivity index is 2.23. The van der Waals surface area contributed by atoms with Crippen LogP contribution in [0.15, 0.2) is 12.1 Å². The Morgan fingerprint density at radius 2 is 1.85 bits per heavy atom. The highest BCUT2D eigenvalue weighted by molar-refractivity contribution is 9.08. The van der Waals surface area contributed by atoms with Gasteiger partial charge < -0.3 is 4.74 Å². The van der Waals surface area contributed by atoms with Gasteiger partial charge in [0.05, 0.1) is 5.69 Å². The predicted molar refractivity (Wildman–Crippen MR) is 85.8 cm³/mol. The first-order valence-electron chi connectivity index (χ1n) is 6.41. The van der Waals surface area contributed by atoms with Crippen LogP contribution in [0, 0.1) is 20.8 Å². The van der Waals surface area contributed by atoms with Crippen LogP contribution in [0.5, 0.6) is 5.75 Å². The third kappa shape index (κ3) is 3.01. The van der Waals surface area contributed by atoms with Crippen molar-refractivity contribution in [3.05, 3.63) is 45.2 Å². The van der Waals surface area contributed by atoms with Crippen LogP contribution in [0.25, 0.3) is 0 Å². The molecule has 108 valence electrons. The first kappa shape index (κ1) is 15.4. The second-order valence-corrected chi connectivity index (χ2v) is 5.88. The van der Waals surface area contributed by atoms with Crippen molar-refractivity contribution in [3.8, 4) is 5.75 Å². The van der Waals surface area contributed by atoms with Crippen LogP contribution in [0.4, 0.5) is 0 Å². The summed E-state index contributed by atoms with van der Waals surface area (Å²) in [4.78, 5) is 0. The lowest BCUT2D eigenvalue weighted by molar-refractivity contribution is 0.301. The molecule has 0 aliphatic carbocycles. The van der Waals surface area contributed by atoms with Gasteiger partial charge in [-0.3, -0.25) is 4.68 Å². The van der Waals surface area contributed by atoms with E-state index in [2.05, 4.69) is 47.0 Å². The second-order valence-electron chi connectivity index (χ2n) is 4.96. The number of ether oxygens (including phenoxy) is 1. The molecule has 0 spiro atoms. The summed E-state index contributed by atoms with van der Waals surface area (Å²) in [7, 11) is 1.83. The average Bonchev–Trinajstić information content (AvgIpc) is 2.63. The van der Waals surface area contributed by atoms with Gasteiger partial charge in [-0.15, -0.1) is 0 Å². The highest BCUT2D eigenvalue weighted by atomic mass is 79.9. The number of nitrogens with zero attached hydrogens (tertiary/aromatic N) is 2. The molecule has 2 aromatic rings. The first-order valence-corrected chi connectivity index (χ1v) is 7.90. The third-order valence-corrected chi connectivity index (χ3v) is 4.43. The van der Waals surface area contributed by atoms with E-state index in [1.165, 1.54) is 5.56 Å². The fourth-order valence-electron chi connectivity index (χ4n) is 2.33. The Hall–Kier alpha value is -1.00. The van der Waals surface area contributed by atoms with Gasteiger partial charge in [0, 0.05) is 17.9 Å². The number of rotatable bonds is 4. The molecule has 0 fully saturated rings. The van der Waals surface area contributed by atoms with Gasteiger partial charge in [0.25, 0.3) is 0 Å². The molecule has 0 aliphatic rings. The monoisotopic (exact) mass is 356 g/mol. The minimum absolute atomic E-state index is 0.438. The number of halogens is 2. The molecule has 0 N–H and O–H groups in total. The number of alkyl halides is 1. The van der Waals surface area contributed by atoms with Crippen LogP contribution >= 0.6 is 27.5 Å². The maximum Gasteiger partial charge on any atom is 0.133 e. The number of hydrogen-bond acceptors (Lipinski definition) is 2. The third-order valence-electron chi connectivity index (χ3n) is 3.31. The molecule has 0 unspecified atom stereocenters. The Morgan fingerprint density at radius 1 is 1.25 bits per heavy atom. The average molecular weight is 358 g/mol. The van der Waals surface area contributed by atoms with Crippen molar-refractivity contribution < 1.29 is 4.74 Å². The summed E-state index contributed by atoms with van der Waals surface area (Å²) in [5, 5.41) is 5.78. The summed E-state index contributed by atoms with van der Waals surface area (Å²) in [6.45, 7) is 6.50. The van der Waals surface area contributed by atoms with Crippen LogP contribution in [-0.2, 0) is 19.0 Å². The second kappa shape index (κ2) is 6.19. The smallest absolute Gasteiger partial charge is 0.133 e. The van der Waals surface area contributed by atoms with Gasteiger partial charge in [-0.1, -0.05) is 39.7 Å². The number of hydrogen-bond donors (Lipinski definition) is 0. The molecule has 0 radical (unpaired) electrons. The van der Waals surface area contributed by atoms with Crippen molar-refractivity contribution in [2.24, 2.45) is 7.05 Å². The lowest BCUT2D eigenvalue weighted by atomic mass is 10.1. The molecule has 0 saturated heterocycles. The molecule has 2 rings (SSSR count). The van der Waals surface area contributed by atoms with E-state index < -0.39 is 0 Å². The van der Waals surface area contributed by atoms with Crippen LogP contribution in [0.3, 0.4) is 0 Å². The molecule has 0 bridgehead atoms. The normalized spacial score (nSPS) is 10.9. The zero-order chi connectivity index (χ0) is 14.9. The fourth-order valence-corrected chi connectivity index (χ4v) is 2.88. The van der Waals surface area contributed by atoms with Crippen molar-refractivity contribution in [3.63, 3.8) is 0 Å². The largest absolute Gasteiger partial charge is 0.488 e. The van der Waals surface area contributed by atoms with Crippen molar-refractivity contribution in [2.45, 2.75) is 32.7 Å². The van der Waals surface area contributed by atoms with Crippen LogP contribution < -0.4 is 4.74 Å². The predicted octanol–water partition coefficient (Wildman–Crippen LogP) is 4.47. The van der Waals surface area contributed by atoms with Crippen LogP contribution in [0.1, 0.15) is 27.9 Å².